The van der Waals surface area contributed by atoms with Crippen LogP contribution in [0.5, 0.6) is 11.5 Å². The molecule has 0 aromatic heterocycles. The van der Waals surface area contributed by atoms with Crippen molar-refractivity contribution in [3.05, 3.63) is 16.6 Å². The van der Waals surface area contributed by atoms with E-state index in [1.807, 2.05) is 0 Å². The zero-order valence-electron chi connectivity index (χ0n) is 9.96. The summed E-state index contributed by atoms with van der Waals surface area (Å²) in [6, 6.07) is 3.45. The number of halogens is 1. The van der Waals surface area contributed by atoms with Crippen molar-refractivity contribution >= 4 is 27.5 Å². The van der Waals surface area contributed by atoms with Crippen molar-refractivity contribution in [1.29, 1.82) is 0 Å². The molecule has 0 aliphatic rings. The number of carbonyl (C=O) groups excluding carboxylic acids is 1. The van der Waals surface area contributed by atoms with Crippen LogP contribution in [0.1, 0.15) is 0 Å². The number of hydrogen-bond acceptors (Lipinski definition) is 4. The normalized spacial score (nSPS) is 9.88. The summed E-state index contributed by atoms with van der Waals surface area (Å²) in [7, 11) is 4.82. The summed E-state index contributed by atoms with van der Waals surface area (Å²) in [5.41, 5.74) is 0.642. The molecule has 1 rings (SSSR count). The van der Waals surface area contributed by atoms with Gasteiger partial charge in [0.15, 0.2) is 11.5 Å². The Kier molecular flexibility index (Phi) is 5.24. The minimum atomic E-state index is -0.125. The second kappa shape index (κ2) is 6.46. The van der Waals surface area contributed by atoms with Crippen LogP contribution in [0.25, 0.3) is 0 Å². The molecule has 0 radical (unpaired) electrons. The number of amides is 1. The summed E-state index contributed by atoms with van der Waals surface area (Å²) >= 11 is 3.36. The van der Waals surface area contributed by atoms with Crippen LogP contribution in [-0.4, -0.2) is 33.7 Å². The molecule has 0 unspecified atom stereocenters. The number of likely N-dealkylation sites (N-methyl/N-ethyl adjacent to an activating group) is 1. The Balaban J connectivity index is 2.96. The molecule has 6 heteroatoms. The highest BCUT2D eigenvalue weighted by Gasteiger charge is 2.11. The van der Waals surface area contributed by atoms with Gasteiger partial charge in [0.05, 0.1) is 26.5 Å². The molecule has 0 heterocycles. The maximum atomic E-state index is 11.5. The first kappa shape index (κ1) is 13.8. The number of benzene rings is 1. The van der Waals surface area contributed by atoms with Crippen LogP contribution in [0.4, 0.5) is 5.69 Å². The third-order valence-electron chi connectivity index (χ3n) is 2.08. The van der Waals surface area contributed by atoms with E-state index in [2.05, 4.69) is 26.6 Å². The quantitative estimate of drug-likeness (QED) is 0.868. The zero-order valence-corrected chi connectivity index (χ0v) is 11.6. The van der Waals surface area contributed by atoms with Crippen molar-refractivity contribution in [1.82, 2.24) is 5.32 Å². The van der Waals surface area contributed by atoms with Crippen molar-refractivity contribution in [3.63, 3.8) is 0 Å². The summed E-state index contributed by atoms with van der Waals surface area (Å²) in [6.45, 7) is 0.251. The predicted molar refractivity (Wildman–Crippen MR) is 69.8 cm³/mol. The van der Waals surface area contributed by atoms with Gasteiger partial charge >= 0.3 is 0 Å². The van der Waals surface area contributed by atoms with Gasteiger partial charge in [-0.1, -0.05) is 0 Å². The van der Waals surface area contributed by atoms with Gasteiger partial charge in [-0.3, -0.25) is 4.79 Å². The third kappa shape index (κ3) is 3.61. The van der Waals surface area contributed by atoms with E-state index >= 15 is 0 Å². The lowest BCUT2D eigenvalue weighted by molar-refractivity contribution is -0.115. The van der Waals surface area contributed by atoms with E-state index in [1.54, 1.807) is 33.4 Å². The smallest absolute Gasteiger partial charge is 0.238 e. The third-order valence-corrected chi connectivity index (χ3v) is 2.74. The van der Waals surface area contributed by atoms with Gasteiger partial charge in [-0.25, -0.2) is 0 Å². The van der Waals surface area contributed by atoms with Crippen molar-refractivity contribution < 1.29 is 14.3 Å². The van der Waals surface area contributed by atoms with Gasteiger partial charge in [0, 0.05) is 16.6 Å². The molecule has 1 aromatic carbocycles. The lowest BCUT2D eigenvalue weighted by Crippen LogP contribution is -2.25. The molecule has 0 aliphatic carbocycles. The lowest BCUT2D eigenvalue weighted by atomic mass is 10.2. The second-order valence-electron chi connectivity index (χ2n) is 3.27. The SMILES string of the molecule is CNCC(=O)Nc1cc(OC)c(OC)cc1Br. The number of methoxy groups -OCH3 is 2. The number of hydrogen-bond donors (Lipinski definition) is 2. The Bertz CT molecular complexity index is 410. The highest BCUT2D eigenvalue weighted by molar-refractivity contribution is 9.10. The highest BCUT2D eigenvalue weighted by atomic mass is 79.9. The molecular formula is C11H15BrN2O3. The van der Waals surface area contributed by atoms with Crippen LogP contribution in [0.15, 0.2) is 16.6 Å². The largest absolute Gasteiger partial charge is 0.493 e. The summed E-state index contributed by atoms with van der Waals surface area (Å²) in [6.07, 6.45) is 0. The summed E-state index contributed by atoms with van der Waals surface area (Å²) in [5, 5.41) is 5.53. The lowest BCUT2D eigenvalue weighted by Gasteiger charge is -2.12. The molecule has 0 saturated heterocycles. The molecular weight excluding hydrogens is 288 g/mol. The minimum absolute atomic E-state index is 0.125. The number of carbonyl (C=O) groups is 1. The number of ether oxygens (including phenoxy) is 2. The molecule has 1 aromatic rings. The molecule has 2 N–H and O–H groups in total. The van der Waals surface area contributed by atoms with Gasteiger partial charge < -0.3 is 20.1 Å². The van der Waals surface area contributed by atoms with Gasteiger partial charge in [-0.05, 0) is 23.0 Å². The summed E-state index contributed by atoms with van der Waals surface area (Å²) in [5.74, 6) is 1.04. The van der Waals surface area contributed by atoms with E-state index in [0.29, 0.717) is 17.2 Å². The Morgan fingerprint density at radius 3 is 2.41 bits per heavy atom. The van der Waals surface area contributed by atoms with E-state index in [1.165, 1.54) is 0 Å². The van der Waals surface area contributed by atoms with E-state index in [4.69, 9.17) is 9.47 Å². The van der Waals surface area contributed by atoms with Crippen LogP contribution in [-0.2, 0) is 4.79 Å². The Hall–Kier alpha value is -1.27. The van der Waals surface area contributed by atoms with Gasteiger partial charge in [0.2, 0.25) is 5.91 Å². The minimum Gasteiger partial charge on any atom is -0.493 e. The highest BCUT2D eigenvalue weighted by Crippen LogP contribution is 2.36. The van der Waals surface area contributed by atoms with Crippen molar-refractivity contribution in [2.75, 3.05) is 33.1 Å². The molecule has 94 valence electrons. The molecule has 1 amide bonds. The maximum Gasteiger partial charge on any atom is 0.238 e. The zero-order chi connectivity index (χ0) is 12.8. The molecule has 0 spiro atoms. The fourth-order valence-electron chi connectivity index (χ4n) is 1.30. The van der Waals surface area contributed by atoms with Crippen LogP contribution in [0.2, 0.25) is 0 Å². The molecule has 17 heavy (non-hydrogen) atoms. The number of anilines is 1. The topological polar surface area (TPSA) is 59.6 Å². The molecule has 0 aliphatic heterocycles. The number of nitrogens with one attached hydrogen (secondary N) is 2. The average molecular weight is 303 g/mol. The van der Waals surface area contributed by atoms with E-state index in [-0.39, 0.29) is 12.5 Å². The molecule has 0 saturated carbocycles. The second-order valence-corrected chi connectivity index (χ2v) is 4.12. The molecule has 0 fully saturated rings. The first-order chi connectivity index (χ1) is 8.12. The Morgan fingerprint density at radius 1 is 1.29 bits per heavy atom. The van der Waals surface area contributed by atoms with Gasteiger partial charge in [0.1, 0.15) is 0 Å². The van der Waals surface area contributed by atoms with Gasteiger partial charge in [-0.15, -0.1) is 0 Å². The van der Waals surface area contributed by atoms with Crippen LogP contribution in [0, 0.1) is 0 Å². The standard InChI is InChI=1S/C11H15BrN2O3/c1-13-6-11(15)14-8-5-10(17-3)9(16-2)4-7(8)12/h4-5,13H,6H2,1-3H3,(H,14,15). The van der Waals surface area contributed by atoms with Gasteiger partial charge in [-0.2, -0.15) is 0 Å². The first-order valence-corrected chi connectivity index (χ1v) is 5.77. The predicted octanol–water partition coefficient (Wildman–Crippen LogP) is 1.62. The summed E-state index contributed by atoms with van der Waals surface area (Å²) in [4.78, 5) is 11.5. The van der Waals surface area contributed by atoms with E-state index < -0.39 is 0 Å². The Labute approximate surface area is 109 Å². The maximum absolute atomic E-state index is 11.5. The van der Waals surface area contributed by atoms with Crippen molar-refractivity contribution in [2.24, 2.45) is 0 Å². The van der Waals surface area contributed by atoms with Gasteiger partial charge in [0.25, 0.3) is 0 Å². The molecule has 0 atom stereocenters. The average Bonchev–Trinajstić information content (AvgIpc) is 2.31. The van der Waals surface area contributed by atoms with Crippen LogP contribution in [0.3, 0.4) is 0 Å². The first-order valence-electron chi connectivity index (χ1n) is 4.98. The number of rotatable bonds is 5. The molecule has 0 bridgehead atoms. The molecule has 5 nitrogen and oxygen atoms in total. The fraction of sp³-hybridized carbons (Fsp3) is 0.364. The van der Waals surface area contributed by atoms with Crippen LogP contribution < -0.4 is 20.1 Å². The summed E-state index contributed by atoms with van der Waals surface area (Å²) < 4.78 is 11.0. The van der Waals surface area contributed by atoms with E-state index in [9.17, 15) is 4.79 Å². The Morgan fingerprint density at radius 2 is 1.88 bits per heavy atom. The monoisotopic (exact) mass is 302 g/mol. The van der Waals surface area contributed by atoms with Crippen LogP contribution >= 0.6 is 15.9 Å². The fourth-order valence-corrected chi connectivity index (χ4v) is 1.73. The van der Waals surface area contributed by atoms with Crippen molar-refractivity contribution in [2.45, 2.75) is 0 Å². The van der Waals surface area contributed by atoms with E-state index in [0.717, 1.165) is 4.47 Å². The van der Waals surface area contributed by atoms with Crippen molar-refractivity contribution in [3.8, 4) is 11.5 Å².